The molecule has 59 heavy (non-hydrogen) atoms. The summed E-state index contributed by atoms with van der Waals surface area (Å²) in [5.41, 5.74) is 8.58. The summed E-state index contributed by atoms with van der Waals surface area (Å²) >= 11 is 0. The van der Waals surface area contributed by atoms with E-state index in [9.17, 15) is 11.0 Å². The Balaban J connectivity index is 1.13. The fraction of sp³-hybridized carbons (Fsp3) is 0. The van der Waals surface area contributed by atoms with Gasteiger partial charge in [0.05, 0.1) is 11.0 Å². The Hall–Kier alpha value is -7.74. The minimum absolute atomic E-state index is 0.100. The number of anilines is 3. The Bertz CT molecular complexity index is 3440. The van der Waals surface area contributed by atoms with Gasteiger partial charge >= 0.3 is 0 Å². The summed E-state index contributed by atoms with van der Waals surface area (Å²) in [6, 6.07) is 61.3. The van der Waals surface area contributed by atoms with Gasteiger partial charge in [0.25, 0.3) is 0 Å². The normalized spacial score (nSPS) is 12.9. The molecule has 1 nitrogen and oxygen atoms in total. The van der Waals surface area contributed by atoms with E-state index in [2.05, 4.69) is 12.1 Å². The second-order valence-corrected chi connectivity index (χ2v) is 14.4. The van der Waals surface area contributed by atoms with Gasteiger partial charge in [-0.2, -0.15) is 0 Å². The highest BCUT2D eigenvalue weighted by Gasteiger charge is 2.15. The van der Waals surface area contributed by atoms with Crippen LogP contribution in [0.15, 0.2) is 249 Å². The molecule has 0 radical (unpaired) electrons. The Labute approximate surface area is 358 Å². The topological polar surface area (TPSA) is 3.24 Å². The van der Waals surface area contributed by atoms with E-state index in [-0.39, 0.29) is 46.7 Å². The van der Waals surface area contributed by atoms with Crippen LogP contribution in [0.3, 0.4) is 0 Å². The largest absolute Gasteiger partial charge is 0.311 e. The molecular weight excluding hydrogens is 711 g/mol. The zero-order valence-electron chi connectivity index (χ0n) is 40.0. The fourth-order valence-electron chi connectivity index (χ4n) is 7.51. The first kappa shape index (κ1) is 27.8. The number of hydrogen-bond acceptors (Lipinski definition) is 1. The molecule has 0 aliphatic carbocycles. The molecule has 0 saturated heterocycles. The van der Waals surface area contributed by atoms with Crippen molar-refractivity contribution in [3.8, 4) is 66.8 Å². The third-order valence-electron chi connectivity index (χ3n) is 10.6. The van der Waals surface area contributed by atoms with Crippen LogP contribution in [0.4, 0.5) is 17.1 Å². The van der Waals surface area contributed by atoms with Gasteiger partial charge in [-0.05, 0) is 138 Å². The number of nitrogens with zero attached hydrogens (tertiary/aromatic N) is 1. The van der Waals surface area contributed by atoms with Gasteiger partial charge in [0.2, 0.25) is 0 Å². The quantitative estimate of drug-likeness (QED) is 0.142. The summed E-state index contributed by atoms with van der Waals surface area (Å²) in [6.45, 7) is 0. The van der Waals surface area contributed by atoms with E-state index in [0.717, 1.165) is 55.3 Å². The molecule has 0 aliphatic rings. The number of fused-ring (bicyclic) bond motifs is 1. The monoisotopic (exact) mass is 759 g/mol. The molecule has 0 saturated carbocycles. The molecule has 0 unspecified atom stereocenters. The van der Waals surface area contributed by atoms with E-state index >= 15 is 0 Å². The summed E-state index contributed by atoms with van der Waals surface area (Å²) in [5.74, 6) is 0. The van der Waals surface area contributed by atoms with E-state index in [1.165, 1.54) is 4.90 Å². The van der Waals surface area contributed by atoms with Crippen LogP contribution < -0.4 is 4.90 Å². The van der Waals surface area contributed by atoms with Crippen molar-refractivity contribution in [1.29, 1.82) is 0 Å². The number of rotatable bonds is 9. The van der Waals surface area contributed by atoms with Crippen LogP contribution in [-0.4, -0.2) is 0 Å². The van der Waals surface area contributed by atoms with Gasteiger partial charge in [-0.3, -0.25) is 0 Å². The molecule has 10 rings (SSSR count). The average molecular weight is 760 g/mol. The Morgan fingerprint density at radius 3 is 1.03 bits per heavy atom. The first-order valence-corrected chi connectivity index (χ1v) is 19.6. The molecule has 0 aromatic heterocycles. The van der Waals surface area contributed by atoms with Crippen molar-refractivity contribution in [2.24, 2.45) is 0 Å². The van der Waals surface area contributed by atoms with Crippen molar-refractivity contribution in [2.45, 2.75) is 0 Å². The molecule has 0 heterocycles. The maximum atomic E-state index is 9.62. The molecule has 0 fully saturated rings. The lowest BCUT2D eigenvalue weighted by Gasteiger charge is -2.26. The van der Waals surface area contributed by atoms with E-state index in [1.54, 1.807) is 24.3 Å². The third-order valence-corrected chi connectivity index (χ3v) is 10.6. The van der Waals surface area contributed by atoms with Crippen molar-refractivity contribution in [2.75, 3.05) is 4.90 Å². The summed E-state index contributed by atoms with van der Waals surface area (Å²) in [4.78, 5) is 1.35. The summed E-state index contributed by atoms with van der Waals surface area (Å²) in [5, 5.41) is 2.17. The maximum absolute atomic E-state index is 9.62. The molecule has 0 atom stereocenters. The van der Waals surface area contributed by atoms with E-state index in [4.69, 9.17) is 0 Å². The minimum atomic E-state index is -0.400. The molecule has 0 bridgehead atoms. The van der Waals surface area contributed by atoms with Crippen molar-refractivity contribution < 1.29 is 11.0 Å². The van der Waals surface area contributed by atoms with Crippen LogP contribution in [-0.2, 0) is 0 Å². The van der Waals surface area contributed by atoms with Crippen molar-refractivity contribution in [1.82, 2.24) is 0 Å². The second kappa shape index (κ2) is 16.0. The maximum Gasteiger partial charge on any atom is 0.0645 e. The van der Waals surface area contributed by atoms with Crippen LogP contribution in [0.5, 0.6) is 0 Å². The zero-order valence-corrected chi connectivity index (χ0v) is 32.0. The SMILES string of the molecule is [2H]c1c([2H])c(N(c2ccc(-c3cccc(-c4ccccc4)c3)cc2)c2c([2H])c([2H])c(-c3cccc(-c4ccc5ccccc5c4)c3)c([2H])c2[2H])c([2H])c([2H])c1-c1cccc(-c2ccccc2)c1. The van der Waals surface area contributed by atoms with Crippen molar-refractivity contribution in [3.05, 3.63) is 249 Å². The molecule has 0 amide bonds. The molecule has 278 valence electrons. The molecule has 0 spiro atoms. The molecule has 10 aromatic rings. The van der Waals surface area contributed by atoms with Gasteiger partial charge < -0.3 is 4.90 Å². The summed E-state index contributed by atoms with van der Waals surface area (Å²) in [7, 11) is 0. The van der Waals surface area contributed by atoms with Gasteiger partial charge in [-0.25, -0.2) is 0 Å². The first-order valence-electron chi connectivity index (χ1n) is 23.6. The van der Waals surface area contributed by atoms with Gasteiger partial charge in [0, 0.05) is 17.1 Å². The molecular formula is C58H41N. The molecule has 10 aromatic carbocycles. The first-order chi connectivity index (χ1) is 32.6. The fourth-order valence-corrected chi connectivity index (χ4v) is 7.51. The lowest BCUT2D eigenvalue weighted by atomic mass is 9.97. The highest BCUT2D eigenvalue weighted by molar-refractivity contribution is 5.88. The Morgan fingerprint density at radius 1 is 0.220 bits per heavy atom. The smallest absolute Gasteiger partial charge is 0.0645 e. The minimum Gasteiger partial charge on any atom is -0.311 e. The third kappa shape index (κ3) is 7.58. The standard InChI is InChI=1S/C58H41N/c1-3-12-42(13-4-1)49-18-9-20-51(38-49)45-26-32-56(33-27-45)59(57-34-28-46(29-35-57)52-21-10-19-50(39-52)43-14-5-2-6-15-43)58-36-30-47(31-37-58)53-22-11-23-54(40-53)55-25-24-44-16-7-8-17-48(44)41-55/h1-41H/i26D,27D,30D,31D,32D,33D,36D,37D. The second-order valence-electron chi connectivity index (χ2n) is 14.4. The van der Waals surface area contributed by atoms with Gasteiger partial charge in [0.15, 0.2) is 0 Å². The Morgan fingerprint density at radius 2 is 0.559 bits per heavy atom. The highest BCUT2D eigenvalue weighted by Crippen LogP contribution is 2.39. The van der Waals surface area contributed by atoms with E-state index in [0.29, 0.717) is 16.8 Å². The Kier molecular flexibility index (Phi) is 7.54. The van der Waals surface area contributed by atoms with Crippen LogP contribution in [0, 0.1) is 0 Å². The van der Waals surface area contributed by atoms with Crippen LogP contribution in [0.1, 0.15) is 11.0 Å². The molecule has 0 N–H and O–H groups in total. The van der Waals surface area contributed by atoms with Gasteiger partial charge in [-0.1, -0.05) is 188 Å². The molecule has 0 aliphatic heterocycles. The van der Waals surface area contributed by atoms with E-state index in [1.807, 2.05) is 164 Å². The van der Waals surface area contributed by atoms with Crippen LogP contribution >= 0.6 is 0 Å². The lowest BCUT2D eigenvalue weighted by molar-refractivity contribution is 1.28. The van der Waals surface area contributed by atoms with Crippen LogP contribution in [0.25, 0.3) is 77.5 Å². The van der Waals surface area contributed by atoms with Gasteiger partial charge in [-0.15, -0.1) is 0 Å². The lowest BCUT2D eigenvalue weighted by Crippen LogP contribution is -2.09. The van der Waals surface area contributed by atoms with Crippen molar-refractivity contribution >= 4 is 27.8 Å². The van der Waals surface area contributed by atoms with Crippen LogP contribution in [0.2, 0.25) is 0 Å². The predicted octanol–water partition coefficient (Wildman–Crippen LogP) is 16.3. The summed E-state index contributed by atoms with van der Waals surface area (Å²) in [6.07, 6.45) is 0. The molecule has 1 heteroatoms. The zero-order chi connectivity index (χ0) is 46.3. The van der Waals surface area contributed by atoms with E-state index < -0.39 is 24.2 Å². The number of benzene rings is 10. The summed E-state index contributed by atoms with van der Waals surface area (Å²) < 4.78 is 76.3. The van der Waals surface area contributed by atoms with Crippen molar-refractivity contribution in [3.63, 3.8) is 0 Å². The van der Waals surface area contributed by atoms with Gasteiger partial charge in [0.1, 0.15) is 0 Å². The predicted molar refractivity (Wildman–Crippen MR) is 251 cm³/mol. The highest BCUT2D eigenvalue weighted by atomic mass is 15.1. The average Bonchev–Trinajstić information content (AvgIpc) is 3.38. The number of hydrogen-bond donors (Lipinski definition) is 0.